The van der Waals surface area contributed by atoms with Crippen LogP contribution in [0.5, 0.6) is 0 Å². The molecule has 0 aliphatic carbocycles. The summed E-state index contributed by atoms with van der Waals surface area (Å²) in [5.74, 6) is -0.594. The second-order valence-corrected chi connectivity index (χ2v) is 11.2. The maximum atomic E-state index is 12.4. The molecular weight excluding hydrogens is 567 g/mol. The summed E-state index contributed by atoms with van der Waals surface area (Å²) >= 11 is 0. The van der Waals surface area contributed by atoms with Crippen LogP contribution in [-0.4, -0.2) is 145 Å². The molecule has 216 valence electrons. The van der Waals surface area contributed by atoms with E-state index in [1.807, 2.05) is 0 Å². The summed E-state index contributed by atoms with van der Waals surface area (Å²) in [6.07, 6.45) is -5.15. The molecule has 3 aliphatic heterocycles. The molecule has 0 spiro atoms. The van der Waals surface area contributed by atoms with Crippen molar-refractivity contribution in [3.05, 3.63) is 11.5 Å². The van der Waals surface area contributed by atoms with Crippen molar-refractivity contribution >= 4 is 39.2 Å². The standard InChI is InChI=1S/C18H29B3O16P2/c1-28-15-12(23)9(35-18(15)21)8-34-39(26,27)37-11-7-32-17(20)14(11)30-4-5-33-38(24,25)36-10-6-31-16(19)13(10)29-3-2-22/h10-11,13-18,22-23H,2-8H2,1H3,(H,24,25)(H,26,27)/t10-,11-,13?,14?,15-,16?,17?,18?/m0/s1. The second-order valence-electron chi connectivity index (χ2n) is 8.37. The molecule has 6 radical (unpaired) electrons. The van der Waals surface area contributed by atoms with E-state index in [4.69, 9.17) is 75.2 Å². The van der Waals surface area contributed by atoms with E-state index in [0.717, 1.165) is 0 Å². The number of hydrogen-bond acceptors (Lipinski definition) is 14. The summed E-state index contributed by atoms with van der Waals surface area (Å²) in [7, 11) is 9.11. The summed E-state index contributed by atoms with van der Waals surface area (Å²) in [5, 5.41) is 18.9. The van der Waals surface area contributed by atoms with Crippen molar-refractivity contribution < 1.29 is 75.6 Å². The topological polar surface area (TPSA) is 207 Å². The predicted octanol–water partition coefficient (Wildman–Crippen LogP) is -1.89. The fourth-order valence-corrected chi connectivity index (χ4v) is 5.58. The molecule has 16 nitrogen and oxygen atoms in total. The highest BCUT2D eigenvalue weighted by Gasteiger charge is 2.43. The van der Waals surface area contributed by atoms with Gasteiger partial charge in [-0.05, 0) is 0 Å². The van der Waals surface area contributed by atoms with Gasteiger partial charge in [0, 0.05) is 19.1 Å². The Kier molecular flexibility index (Phi) is 12.4. The van der Waals surface area contributed by atoms with Crippen LogP contribution in [0.15, 0.2) is 11.5 Å². The zero-order chi connectivity index (χ0) is 28.8. The molecule has 0 saturated carbocycles. The van der Waals surface area contributed by atoms with E-state index in [9.17, 15) is 24.0 Å². The minimum absolute atomic E-state index is 0.0820. The van der Waals surface area contributed by atoms with Crippen LogP contribution >= 0.6 is 15.6 Å². The molecule has 0 aromatic carbocycles. The molecule has 7 unspecified atom stereocenters. The van der Waals surface area contributed by atoms with Crippen LogP contribution in [-0.2, 0) is 55.6 Å². The zero-order valence-electron chi connectivity index (χ0n) is 20.9. The van der Waals surface area contributed by atoms with Crippen molar-refractivity contribution in [1.29, 1.82) is 0 Å². The summed E-state index contributed by atoms with van der Waals surface area (Å²) in [4.78, 5) is 20.1. The predicted molar refractivity (Wildman–Crippen MR) is 130 cm³/mol. The maximum Gasteiger partial charge on any atom is 0.473 e. The Bertz CT molecular complexity index is 929. The van der Waals surface area contributed by atoms with Gasteiger partial charge in [-0.15, -0.1) is 0 Å². The highest BCUT2D eigenvalue weighted by molar-refractivity contribution is 7.47. The minimum atomic E-state index is -4.74. The summed E-state index contributed by atoms with van der Waals surface area (Å²) in [6, 6.07) is -3.03. The smallest absolute Gasteiger partial charge is 0.473 e. The van der Waals surface area contributed by atoms with Crippen LogP contribution in [0.3, 0.4) is 0 Å². The third kappa shape index (κ3) is 9.25. The number of phosphoric ester groups is 2. The van der Waals surface area contributed by atoms with E-state index < -0.39 is 77.4 Å². The molecule has 3 aliphatic rings. The monoisotopic (exact) mass is 596 g/mol. The van der Waals surface area contributed by atoms with Gasteiger partial charge in [0.05, 0.1) is 45.6 Å². The van der Waals surface area contributed by atoms with Crippen molar-refractivity contribution in [2.45, 2.75) is 48.5 Å². The largest absolute Gasteiger partial charge is 0.506 e. The van der Waals surface area contributed by atoms with Gasteiger partial charge in [0.1, 0.15) is 60.7 Å². The molecule has 10 atom stereocenters. The zero-order valence-corrected chi connectivity index (χ0v) is 22.7. The molecule has 0 bridgehead atoms. The van der Waals surface area contributed by atoms with E-state index in [1.165, 1.54) is 7.11 Å². The fourth-order valence-electron chi connectivity index (χ4n) is 3.82. The number of aliphatic hydroxyl groups is 2. The van der Waals surface area contributed by atoms with E-state index in [0.29, 0.717) is 0 Å². The van der Waals surface area contributed by atoms with Crippen LogP contribution in [0, 0.1) is 0 Å². The first-order valence-electron chi connectivity index (χ1n) is 11.6. The first-order chi connectivity index (χ1) is 18.4. The Hall–Kier alpha value is -0.485. The van der Waals surface area contributed by atoms with Gasteiger partial charge < -0.3 is 48.4 Å². The molecule has 3 heterocycles. The van der Waals surface area contributed by atoms with E-state index in [1.54, 1.807) is 0 Å². The van der Waals surface area contributed by atoms with Gasteiger partial charge in [-0.3, -0.25) is 18.1 Å². The van der Waals surface area contributed by atoms with Crippen LogP contribution < -0.4 is 0 Å². The Balaban J connectivity index is 1.44. The third-order valence-corrected chi connectivity index (χ3v) is 7.66. The molecule has 39 heavy (non-hydrogen) atoms. The van der Waals surface area contributed by atoms with Crippen LogP contribution in [0.1, 0.15) is 0 Å². The Morgan fingerprint density at radius 1 is 0.872 bits per heavy atom. The molecule has 4 N–H and O–H groups in total. The van der Waals surface area contributed by atoms with E-state index >= 15 is 0 Å². The van der Waals surface area contributed by atoms with Crippen LogP contribution in [0.2, 0.25) is 0 Å². The number of ether oxygens (including phenoxy) is 6. The lowest BCUT2D eigenvalue weighted by atomic mass is 9.94. The summed E-state index contributed by atoms with van der Waals surface area (Å²) in [5.41, 5.74) is 0. The molecular formula is C18H29B3O16P2. The quantitative estimate of drug-likeness (QED) is 0.0874. The highest BCUT2D eigenvalue weighted by atomic mass is 31.2. The normalized spacial score (nSPS) is 36.1. The molecule has 2 saturated heterocycles. The van der Waals surface area contributed by atoms with Gasteiger partial charge in [-0.25, -0.2) is 9.13 Å². The Morgan fingerprint density at radius 2 is 1.41 bits per heavy atom. The van der Waals surface area contributed by atoms with Crippen molar-refractivity contribution in [2.24, 2.45) is 0 Å². The molecule has 0 aromatic heterocycles. The van der Waals surface area contributed by atoms with Crippen LogP contribution in [0.4, 0.5) is 0 Å². The number of hydrogen-bond donors (Lipinski definition) is 4. The first kappa shape index (κ1) is 33.0. The molecule has 0 amide bonds. The van der Waals surface area contributed by atoms with E-state index in [2.05, 4.69) is 0 Å². The van der Waals surface area contributed by atoms with Crippen LogP contribution in [0.25, 0.3) is 0 Å². The lowest BCUT2D eigenvalue weighted by Gasteiger charge is -2.24. The summed E-state index contributed by atoms with van der Waals surface area (Å²) < 4.78 is 75.9. The number of aliphatic hydroxyl groups excluding tert-OH is 2. The lowest BCUT2D eigenvalue weighted by Crippen LogP contribution is -2.36. The van der Waals surface area contributed by atoms with Crippen molar-refractivity contribution in [2.75, 3.05) is 53.4 Å². The minimum Gasteiger partial charge on any atom is -0.506 e. The molecule has 0 aromatic rings. The third-order valence-electron chi connectivity index (χ3n) is 5.62. The van der Waals surface area contributed by atoms with Crippen molar-refractivity contribution in [3.8, 4) is 0 Å². The first-order valence-corrected chi connectivity index (χ1v) is 14.6. The molecule has 2 fully saturated rings. The SMILES string of the molecule is [B]C1OC[C@H](OP(=O)(O)OCCOC2C([B])OC[C@@H]2OP(=O)(O)OCC2=C(O)[C@H](OC)C([B])O2)C1OCCO. The number of phosphoric acid groups is 2. The lowest BCUT2D eigenvalue weighted by molar-refractivity contribution is -0.0426. The summed E-state index contributed by atoms with van der Waals surface area (Å²) in [6.45, 7) is -2.17. The van der Waals surface area contributed by atoms with Gasteiger partial charge in [-0.2, -0.15) is 0 Å². The van der Waals surface area contributed by atoms with Gasteiger partial charge in [0.15, 0.2) is 11.5 Å². The van der Waals surface area contributed by atoms with E-state index in [-0.39, 0.29) is 44.6 Å². The number of rotatable bonds is 16. The van der Waals surface area contributed by atoms with Gasteiger partial charge >= 0.3 is 15.6 Å². The van der Waals surface area contributed by atoms with Gasteiger partial charge in [0.25, 0.3) is 0 Å². The molecule has 21 heteroatoms. The average molecular weight is 596 g/mol. The fraction of sp³-hybridized carbons (Fsp3) is 0.889. The highest BCUT2D eigenvalue weighted by Crippen LogP contribution is 2.48. The number of methoxy groups -OCH3 is 1. The Labute approximate surface area is 228 Å². The molecule has 3 rings (SSSR count). The Morgan fingerprint density at radius 3 is 1.92 bits per heavy atom. The maximum absolute atomic E-state index is 12.4. The average Bonchev–Trinajstić information content (AvgIpc) is 3.48. The van der Waals surface area contributed by atoms with Gasteiger partial charge in [-0.1, -0.05) is 0 Å². The van der Waals surface area contributed by atoms with Crippen molar-refractivity contribution in [1.82, 2.24) is 0 Å². The van der Waals surface area contributed by atoms with Gasteiger partial charge in [0.2, 0.25) is 0 Å². The second kappa shape index (κ2) is 14.6. The van der Waals surface area contributed by atoms with Crippen molar-refractivity contribution in [3.63, 3.8) is 0 Å².